The predicted molar refractivity (Wildman–Crippen MR) is 110 cm³/mol. The molecule has 0 bridgehead atoms. The topological polar surface area (TPSA) is 57.9 Å². The van der Waals surface area contributed by atoms with Crippen molar-refractivity contribution in [3.05, 3.63) is 81.7 Å². The quantitative estimate of drug-likeness (QED) is 0.363. The lowest BCUT2D eigenvalue weighted by molar-refractivity contribution is 0.104. The first kappa shape index (κ1) is 19.4. The zero-order chi connectivity index (χ0) is 20.2. The summed E-state index contributed by atoms with van der Waals surface area (Å²) in [6, 6.07) is 13.6. The fourth-order valence-electron chi connectivity index (χ4n) is 2.75. The van der Waals surface area contributed by atoms with Gasteiger partial charge in [-0.25, -0.2) is 0 Å². The first-order valence-corrected chi connectivity index (χ1v) is 9.63. The van der Waals surface area contributed by atoms with Crippen molar-refractivity contribution in [3.63, 3.8) is 0 Å². The van der Waals surface area contributed by atoms with Crippen LogP contribution in [0, 0.1) is 0 Å². The molecule has 0 atom stereocenters. The predicted octanol–water partition coefficient (Wildman–Crippen LogP) is 5.83. The summed E-state index contributed by atoms with van der Waals surface area (Å²) in [5, 5.41) is 0.997. The van der Waals surface area contributed by atoms with Crippen LogP contribution in [0.2, 0.25) is 10.0 Å². The van der Waals surface area contributed by atoms with Crippen molar-refractivity contribution in [1.29, 1.82) is 0 Å². The van der Waals surface area contributed by atoms with Gasteiger partial charge >= 0.3 is 0 Å². The first-order valence-electron chi connectivity index (χ1n) is 8.87. The molecule has 7 heteroatoms. The normalized spacial score (nSPS) is 12.9. The number of hydrogen-bond donors (Lipinski definition) is 0. The molecular weight excluding hydrogens is 415 g/mol. The van der Waals surface area contributed by atoms with E-state index in [9.17, 15) is 4.79 Å². The Hall–Kier alpha value is -2.89. The highest BCUT2D eigenvalue weighted by Gasteiger charge is 2.14. The number of ketones is 1. The van der Waals surface area contributed by atoms with Crippen LogP contribution >= 0.6 is 23.2 Å². The van der Waals surface area contributed by atoms with Crippen LogP contribution in [-0.2, 0) is 6.61 Å². The van der Waals surface area contributed by atoms with Gasteiger partial charge in [-0.2, -0.15) is 0 Å². The molecule has 0 saturated carbocycles. The Morgan fingerprint density at radius 2 is 1.83 bits per heavy atom. The molecule has 29 heavy (non-hydrogen) atoms. The average Bonchev–Trinajstić information content (AvgIpc) is 3.20. The minimum absolute atomic E-state index is 0.165. The van der Waals surface area contributed by atoms with Crippen molar-refractivity contribution < 1.29 is 23.4 Å². The van der Waals surface area contributed by atoms with Crippen LogP contribution in [0.15, 0.2) is 59.0 Å². The van der Waals surface area contributed by atoms with Crippen LogP contribution in [-0.4, -0.2) is 19.0 Å². The van der Waals surface area contributed by atoms with Crippen LogP contribution in [0.3, 0.4) is 0 Å². The third-order valence-electron chi connectivity index (χ3n) is 4.17. The van der Waals surface area contributed by atoms with Crippen molar-refractivity contribution >= 4 is 35.1 Å². The maximum absolute atomic E-state index is 12.4. The second-order valence-corrected chi connectivity index (χ2v) is 7.07. The van der Waals surface area contributed by atoms with Gasteiger partial charge in [0.2, 0.25) is 0 Å². The second-order valence-electron chi connectivity index (χ2n) is 6.22. The number of ether oxygens (including phenoxy) is 3. The molecule has 0 aliphatic carbocycles. The molecule has 3 aromatic rings. The second kappa shape index (κ2) is 8.64. The van der Waals surface area contributed by atoms with Gasteiger partial charge < -0.3 is 18.6 Å². The van der Waals surface area contributed by atoms with Crippen molar-refractivity contribution in [3.8, 4) is 17.2 Å². The van der Waals surface area contributed by atoms with Crippen molar-refractivity contribution in [2.45, 2.75) is 6.61 Å². The molecule has 4 rings (SSSR count). The third kappa shape index (κ3) is 4.75. The van der Waals surface area contributed by atoms with E-state index in [0.29, 0.717) is 57.6 Å². The highest BCUT2D eigenvalue weighted by atomic mass is 35.5. The van der Waals surface area contributed by atoms with E-state index in [1.807, 2.05) is 0 Å². The number of allylic oxidation sites excluding steroid dienone is 1. The lowest BCUT2D eigenvalue weighted by Crippen LogP contribution is -2.15. The van der Waals surface area contributed by atoms with E-state index >= 15 is 0 Å². The highest BCUT2D eigenvalue weighted by molar-refractivity contribution is 6.34. The van der Waals surface area contributed by atoms with Gasteiger partial charge in [0.1, 0.15) is 37.1 Å². The van der Waals surface area contributed by atoms with Crippen molar-refractivity contribution in [1.82, 2.24) is 0 Å². The minimum atomic E-state index is -0.165. The van der Waals surface area contributed by atoms with Crippen LogP contribution in [0.5, 0.6) is 17.2 Å². The maximum Gasteiger partial charge on any atom is 0.186 e. The van der Waals surface area contributed by atoms with Gasteiger partial charge in [0.05, 0.1) is 5.02 Å². The number of furan rings is 1. The van der Waals surface area contributed by atoms with Crippen molar-refractivity contribution in [2.24, 2.45) is 0 Å². The number of carbonyl (C=O) groups excluding carboxylic acids is 1. The van der Waals surface area contributed by atoms with Crippen LogP contribution in [0.4, 0.5) is 0 Å². The molecule has 2 aromatic carbocycles. The van der Waals surface area contributed by atoms with E-state index in [-0.39, 0.29) is 12.4 Å². The Balaban J connectivity index is 1.39. The van der Waals surface area contributed by atoms with E-state index in [2.05, 4.69) is 0 Å². The summed E-state index contributed by atoms with van der Waals surface area (Å²) in [6.45, 7) is 1.16. The monoisotopic (exact) mass is 430 g/mol. The molecule has 0 fully saturated rings. The summed E-state index contributed by atoms with van der Waals surface area (Å²) in [6.07, 6.45) is 3.05. The molecule has 2 heterocycles. The van der Waals surface area contributed by atoms with Crippen LogP contribution in [0.25, 0.3) is 6.08 Å². The first-order chi connectivity index (χ1) is 14.1. The maximum atomic E-state index is 12.4. The molecular formula is C22H16Cl2O5. The molecule has 1 aliphatic rings. The van der Waals surface area contributed by atoms with Gasteiger partial charge in [0, 0.05) is 16.7 Å². The Morgan fingerprint density at radius 3 is 2.69 bits per heavy atom. The summed E-state index contributed by atoms with van der Waals surface area (Å²) in [5.74, 6) is 2.65. The molecule has 0 radical (unpaired) electrons. The summed E-state index contributed by atoms with van der Waals surface area (Å²) in [7, 11) is 0. The van der Waals surface area contributed by atoms with Gasteiger partial charge in [-0.05, 0) is 54.6 Å². The SMILES string of the molecule is O=C(/C=C/c1ccc(COc2cc(Cl)ccc2Cl)o1)c1ccc2c(c1)OCCO2. The number of hydrogen-bond acceptors (Lipinski definition) is 5. The van der Waals surface area contributed by atoms with E-state index in [4.69, 9.17) is 41.8 Å². The van der Waals surface area contributed by atoms with Gasteiger partial charge in [-0.1, -0.05) is 23.2 Å². The zero-order valence-electron chi connectivity index (χ0n) is 15.2. The highest BCUT2D eigenvalue weighted by Crippen LogP contribution is 2.31. The van der Waals surface area contributed by atoms with Crippen LogP contribution in [0.1, 0.15) is 21.9 Å². The Bertz CT molecular complexity index is 1070. The number of carbonyl (C=O) groups is 1. The van der Waals surface area contributed by atoms with Crippen molar-refractivity contribution in [2.75, 3.05) is 13.2 Å². The fraction of sp³-hybridized carbons (Fsp3) is 0.136. The van der Waals surface area contributed by atoms with E-state index < -0.39 is 0 Å². The summed E-state index contributed by atoms with van der Waals surface area (Å²) in [5.41, 5.74) is 0.510. The molecule has 1 aromatic heterocycles. The minimum Gasteiger partial charge on any atom is -0.486 e. The molecule has 0 unspecified atom stereocenters. The number of halogens is 2. The molecule has 0 amide bonds. The average molecular weight is 431 g/mol. The lowest BCUT2D eigenvalue weighted by atomic mass is 10.1. The Morgan fingerprint density at radius 1 is 1.00 bits per heavy atom. The number of rotatable bonds is 6. The standard InChI is InChI=1S/C22H16Cl2O5/c23-15-2-6-18(24)21(12-15)28-13-17-4-3-16(29-17)5-7-19(25)14-1-8-20-22(11-14)27-10-9-26-20/h1-8,11-12H,9-10,13H2/b7-5+. The zero-order valence-corrected chi connectivity index (χ0v) is 16.7. The Kier molecular flexibility index (Phi) is 5.79. The summed E-state index contributed by atoms with van der Waals surface area (Å²) >= 11 is 12.0. The number of benzene rings is 2. The Labute approximate surface area is 177 Å². The lowest BCUT2D eigenvalue weighted by Gasteiger charge is -2.18. The molecule has 1 aliphatic heterocycles. The molecule has 148 valence electrons. The largest absolute Gasteiger partial charge is 0.486 e. The molecule has 0 saturated heterocycles. The summed E-state index contributed by atoms with van der Waals surface area (Å²) < 4.78 is 22.3. The van der Waals surface area contributed by atoms with E-state index in [1.165, 1.54) is 6.08 Å². The van der Waals surface area contributed by atoms with E-state index in [1.54, 1.807) is 54.6 Å². The smallest absolute Gasteiger partial charge is 0.186 e. The van der Waals surface area contributed by atoms with Gasteiger partial charge in [0.25, 0.3) is 0 Å². The third-order valence-corrected chi connectivity index (χ3v) is 4.72. The van der Waals surface area contributed by atoms with E-state index in [0.717, 1.165) is 0 Å². The fourth-order valence-corrected chi connectivity index (χ4v) is 3.08. The van der Waals surface area contributed by atoms with Crippen LogP contribution < -0.4 is 14.2 Å². The van der Waals surface area contributed by atoms with Gasteiger partial charge in [-0.15, -0.1) is 0 Å². The number of fused-ring (bicyclic) bond motifs is 1. The molecule has 0 spiro atoms. The summed E-state index contributed by atoms with van der Waals surface area (Å²) in [4.78, 5) is 12.4. The molecule has 5 nitrogen and oxygen atoms in total. The molecule has 0 N–H and O–H groups in total. The van der Waals surface area contributed by atoms with Gasteiger partial charge in [0.15, 0.2) is 17.3 Å². The van der Waals surface area contributed by atoms with Gasteiger partial charge in [-0.3, -0.25) is 4.79 Å².